The standard InChI is InChI=1S/C13H15NO2/c1-15-12-6-5-11(13(9-12)16-2)10-14-7-3-4-8-14/h3-9H,10H2,1-2H3. The fourth-order valence-electron chi connectivity index (χ4n) is 1.65. The first-order chi connectivity index (χ1) is 7.83. The van der Waals surface area contributed by atoms with Gasteiger partial charge in [-0.15, -0.1) is 0 Å². The predicted octanol–water partition coefficient (Wildman–Crippen LogP) is 2.55. The van der Waals surface area contributed by atoms with E-state index in [2.05, 4.69) is 4.57 Å². The van der Waals surface area contributed by atoms with E-state index in [4.69, 9.17) is 9.47 Å². The van der Waals surface area contributed by atoms with Gasteiger partial charge in [-0.2, -0.15) is 0 Å². The minimum atomic E-state index is 0.806. The zero-order valence-electron chi connectivity index (χ0n) is 9.51. The highest BCUT2D eigenvalue weighted by molar-refractivity contribution is 5.40. The summed E-state index contributed by atoms with van der Waals surface area (Å²) in [6.45, 7) is 0.806. The minimum Gasteiger partial charge on any atom is -0.497 e. The molecule has 0 fully saturated rings. The summed E-state index contributed by atoms with van der Waals surface area (Å²) in [5.41, 5.74) is 1.14. The lowest BCUT2D eigenvalue weighted by atomic mass is 10.2. The summed E-state index contributed by atoms with van der Waals surface area (Å²) in [4.78, 5) is 0. The van der Waals surface area contributed by atoms with Gasteiger partial charge in [-0.1, -0.05) is 0 Å². The maximum absolute atomic E-state index is 5.34. The van der Waals surface area contributed by atoms with E-state index >= 15 is 0 Å². The molecular formula is C13H15NO2. The van der Waals surface area contributed by atoms with Crippen LogP contribution in [-0.4, -0.2) is 18.8 Å². The highest BCUT2D eigenvalue weighted by atomic mass is 16.5. The average Bonchev–Trinajstić information content (AvgIpc) is 2.82. The van der Waals surface area contributed by atoms with Gasteiger partial charge in [-0.3, -0.25) is 0 Å². The zero-order valence-corrected chi connectivity index (χ0v) is 9.51. The van der Waals surface area contributed by atoms with Gasteiger partial charge in [0.1, 0.15) is 11.5 Å². The molecule has 2 rings (SSSR count). The molecule has 1 aromatic heterocycles. The highest BCUT2D eigenvalue weighted by Gasteiger charge is 2.04. The van der Waals surface area contributed by atoms with E-state index in [1.807, 2.05) is 42.7 Å². The molecule has 0 unspecified atom stereocenters. The van der Waals surface area contributed by atoms with Crippen LogP contribution in [0.2, 0.25) is 0 Å². The molecule has 0 bridgehead atoms. The molecule has 0 aliphatic rings. The summed E-state index contributed by atoms with van der Waals surface area (Å²) < 4.78 is 12.6. The van der Waals surface area contributed by atoms with Gasteiger partial charge in [0.05, 0.1) is 20.8 Å². The number of hydrogen-bond acceptors (Lipinski definition) is 2. The Bertz CT molecular complexity index is 449. The normalized spacial score (nSPS) is 10.1. The van der Waals surface area contributed by atoms with Crippen molar-refractivity contribution in [2.24, 2.45) is 0 Å². The van der Waals surface area contributed by atoms with Crippen LogP contribution in [0.3, 0.4) is 0 Å². The SMILES string of the molecule is COc1ccc(Cn2cccc2)c(OC)c1. The average molecular weight is 217 g/mol. The summed E-state index contributed by atoms with van der Waals surface area (Å²) in [6.07, 6.45) is 4.06. The second-order valence-corrected chi connectivity index (χ2v) is 3.53. The van der Waals surface area contributed by atoms with Gasteiger partial charge in [-0.25, -0.2) is 0 Å². The molecule has 84 valence electrons. The minimum absolute atomic E-state index is 0.806. The topological polar surface area (TPSA) is 23.4 Å². The first-order valence-corrected chi connectivity index (χ1v) is 5.15. The van der Waals surface area contributed by atoms with Crippen LogP contribution in [0, 0.1) is 0 Å². The Kier molecular flexibility index (Phi) is 3.15. The maximum atomic E-state index is 5.34. The zero-order chi connectivity index (χ0) is 11.4. The molecule has 0 N–H and O–H groups in total. The summed E-state index contributed by atoms with van der Waals surface area (Å²) >= 11 is 0. The Labute approximate surface area is 95.2 Å². The monoisotopic (exact) mass is 217 g/mol. The smallest absolute Gasteiger partial charge is 0.127 e. The molecule has 0 spiro atoms. The van der Waals surface area contributed by atoms with Gasteiger partial charge in [0.15, 0.2) is 0 Å². The second kappa shape index (κ2) is 4.75. The van der Waals surface area contributed by atoms with E-state index < -0.39 is 0 Å². The van der Waals surface area contributed by atoms with Crippen LogP contribution in [-0.2, 0) is 6.54 Å². The van der Waals surface area contributed by atoms with E-state index in [-0.39, 0.29) is 0 Å². The van der Waals surface area contributed by atoms with Crippen molar-refractivity contribution >= 4 is 0 Å². The molecule has 16 heavy (non-hydrogen) atoms. The molecule has 0 aliphatic heterocycles. The molecule has 3 nitrogen and oxygen atoms in total. The van der Waals surface area contributed by atoms with Crippen LogP contribution in [0.4, 0.5) is 0 Å². The van der Waals surface area contributed by atoms with Gasteiger partial charge >= 0.3 is 0 Å². The van der Waals surface area contributed by atoms with E-state index in [1.54, 1.807) is 14.2 Å². The molecule has 1 heterocycles. The molecule has 1 aromatic carbocycles. The lowest BCUT2D eigenvalue weighted by Crippen LogP contribution is -1.99. The molecule has 0 saturated carbocycles. The van der Waals surface area contributed by atoms with E-state index in [0.717, 1.165) is 23.6 Å². The van der Waals surface area contributed by atoms with Crippen molar-refractivity contribution in [3.63, 3.8) is 0 Å². The number of benzene rings is 1. The third-order valence-corrected chi connectivity index (χ3v) is 2.51. The molecule has 0 aliphatic carbocycles. The Hall–Kier alpha value is -1.90. The lowest BCUT2D eigenvalue weighted by molar-refractivity contribution is 0.390. The van der Waals surface area contributed by atoms with E-state index in [1.165, 1.54) is 0 Å². The van der Waals surface area contributed by atoms with E-state index in [0.29, 0.717) is 0 Å². The van der Waals surface area contributed by atoms with Crippen LogP contribution in [0.15, 0.2) is 42.7 Å². The van der Waals surface area contributed by atoms with Gasteiger partial charge in [0.25, 0.3) is 0 Å². The number of aromatic nitrogens is 1. The van der Waals surface area contributed by atoms with Crippen LogP contribution in [0.5, 0.6) is 11.5 Å². The number of rotatable bonds is 4. The predicted molar refractivity (Wildman–Crippen MR) is 63.1 cm³/mol. The second-order valence-electron chi connectivity index (χ2n) is 3.53. The molecular weight excluding hydrogens is 202 g/mol. The van der Waals surface area contributed by atoms with Gasteiger partial charge in [0.2, 0.25) is 0 Å². The molecule has 0 radical (unpaired) electrons. The van der Waals surface area contributed by atoms with Gasteiger partial charge in [0, 0.05) is 24.0 Å². The van der Waals surface area contributed by atoms with Crippen molar-refractivity contribution < 1.29 is 9.47 Å². The third kappa shape index (κ3) is 2.19. The first-order valence-electron chi connectivity index (χ1n) is 5.15. The quantitative estimate of drug-likeness (QED) is 0.785. The van der Waals surface area contributed by atoms with Crippen molar-refractivity contribution in [2.75, 3.05) is 14.2 Å². The van der Waals surface area contributed by atoms with Crippen LogP contribution >= 0.6 is 0 Å². The Morgan fingerprint density at radius 2 is 1.81 bits per heavy atom. The molecule has 3 heteroatoms. The first kappa shape index (κ1) is 10.6. The highest BCUT2D eigenvalue weighted by Crippen LogP contribution is 2.25. The number of hydrogen-bond donors (Lipinski definition) is 0. The fourth-order valence-corrected chi connectivity index (χ4v) is 1.65. The lowest BCUT2D eigenvalue weighted by Gasteiger charge is -2.10. The van der Waals surface area contributed by atoms with Crippen molar-refractivity contribution in [1.29, 1.82) is 0 Å². The third-order valence-electron chi connectivity index (χ3n) is 2.51. The van der Waals surface area contributed by atoms with Crippen molar-refractivity contribution in [3.05, 3.63) is 48.3 Å². The van der Waals surface area contributed by atoms with Crippen LogP contribution in [0.1, 0.15) is 5.56 Å². The summed E-state index contributed by atoms with van der Waals surface area (Å²) in [6, 6.07) is 9.89. The van der Waals surface area contributed by atoms with Gasteiger partial charge < -0.3 is 14.0 Å². The Balaban J connectivity index is 2.26. The summed E-state index contributed by atoms with van der Waals surface area (Å²) in [5, 5.41) is 0. The molecule has 0 amide bonds. The Morgan fingerprint density at radius 1 is 1.06 bits per heavy atom. The summed E-state index contributed by atoms with van der Waals surface area (Å²) in [5.74, 6) is 1.67. The van der Waals surface area contributed by atoms with Crippen molar-refractivity contribution in [1.82, 2.24) is 4.57 Å². The molecule has 2 aromatic rings. The maximum Gasteiger partial charge on any atom is 0.127 e. The van der Waals surface area contributed by atoms with Crippen molar-refractivity contribution in [3.8, 4) is 11.5 Å². The number of nitrogens with zero attached hydrogens (tertiary/aromatic N) is 1. The van der Waals surface area contributed by atoms with E-state index in [9.17, 15) is 0 Å². The number of methoxy groups -OCH3 is 2. The molecule has 0 atom stereocenters. The van der Waals surface area contributed by atoms with Crippen molar-refractivity contribution in [2.45, 2.75) is 6.54 Å². The number of ether oxygens (including phenoxy) is 2. The van der Waals surface area contributed by atoms with Crippen LogP contribution in [0.25, 0.3) is 0 Å². The van der Waals surface area contributed by atoms with Crippen LogP contribution < -0.4 is 9.47 Å². The Morgan fingerprint density at radius 3 is 2.44 bits per heavy atom. The fraction of sp³-hybridized carbons (Fsp3) is 0.231. The molecule has 0 saturated heterocycles. The summed E-state index contributed by atoms with van der Waals surface area (Å²) in [7, 11) is 3.33. The van der Waals surface area contributed by atoms with Gasteiger partial charge in [-0.05, 0) is 24.3 Å². The largest absolute Gasteiger partial charge is 0.497 e.